The van der Waals surface area contributed by atoms with Gasteiger partial charge in [-0.3, -0.25) is 4.79 Å². The van der Waals surface area contributed by atoms with Gasteiger partial charge in [-0.1, -0.05) is 24.3 Å². The Labute approximate surface area is 111 Å². The topological polar surface area (TPSA) is 49.3 Å². The summed E-state index contributed by atoms with van der Waals surface area (Å²) in [5.74, 6) is 1.06. The number of fused-ring (bicyclic) bond motifs is 1. The molecule has 98 valence electrons. The number of benzene rings is 1. The van der Waals surface area contributed by atoms with Crippen LogP contribution in [-0.2, 0) is 4.79 Å². The quantitative estimate of drug-likeness (QED) is 0.771. The van der Waals surface area contributed by atoms with Crippen molar-refractivity contribution in [1.29, 1.82) is 0 Å². The van der Waals surface area contributed by atoms with Gasteiger partial charge in [0.1, 0.15) is 0 Å². The summed E-state index contributed by atoms with van der Waals surface area (Å²) in [4.78, 5) is 15.4. The number of amides is 1. The van der Waals surface area contributed by atoms with Crippen molar-refractivity contribution in [3.8, 4) is 0 Å². The van der Waals surface area contributed by atoms with Gasteiger partial charge in [0.25, 0.3) is 0 Å². The van der Waals surface area contributed by atoms with Crippen LogP contribution in [0.25, 0.3) is 10.8 Å². The largest absolute Gasteiger partial charge is 0.351 e. The maximum atomic E-state index is 11.3. The average Bonchev–Trinajstić information content (AvgIpc) is 2.47. The second-order valence-corrected chi connectivity index (χ2v) is 4.75. The molecule has 0 N–H and O–H groups in total. The van der Waals surface area contributed by atoms with Crippen LogP contribution < -0.4 is 4.90 Å². The van der Waals surface area contributed by atoms with Crippen molar-refractivity contribution < 1.29 is 4.79 Å². The molecule has 0 unspecified atom stereocenters. The van der Waals surface area contributed by atoms with E-state index in [-0.39, 0.29) is 5.91 Å². The van der Waals surface area contributed by atoms with Gasteiger partial charge in [-0.05, 0) is 0 Å². The van der Waals surface area contributed by atoms with E-state index >= 15 is 0 Å². The van der Waals surface area contributed by atoms with Crippen LogP contribution in [-0.4, -0.2) is 47.2 Å². The molecule has 0 bridgehead atoms. The zero-order valence-electron chi connectivity index (χ0n) is 10.9. The summed E-state index contributed by atoms with van der Waals surface area (Å²) in [5, 5.41) is 10.6. The highest BCUT2D eigenvalue weighted by Gasteiger charge is 2.21. The van der Waals surface area contributed by atoms with Crippen molar-refractivity contribution in [2.75, 3.05) is 31.1 Å². The predicted molar refractivity (Wildman–Crippen MR) is 74.0 cm³/mol. The first kappa shape index (κ1) is 11.9. The number of carbonyl (C=O) groups is 1. The molecule has 3 rings (SSSR count). The van der Waals surface area contributed by atoms with E-state index in [1.54, 1.807) is 13.1 Å². The van der Waals surface area contributed by atoms with Crippen LogP contribution in [0.3, 0.4) is 0 Å². The van der Waals surface area contributed by atoms with Gasteiger partial charge in [0, 0.05) is 43.9 Å². The van der Waals surface area contributed by atoms with E-state index < -0.39 is 0 Å². The zero-order valence-corrected chi connectivity index (χ0v) is 10.9. The summed E-state index contributed by atoms with van der Waals surface area (Å²) in [6.07, 6.45) is 1.78. The Morgan fingerprint density at radius 3 is 2.63 bits per heavy atom. The van der Waals surface area contributed by atoms with Gasteiger partial charge < -0.3 is 9.80 Å². The molecule has 0 spiro atoms. The summed E-state index contributed by atoms with van der Waals surface area (Å²) in [6.45, 7) is 4.73. The molecular formula is C14H16N4O. The molecular weight excluding hydrogens is 240 g/mol. The number of nitrogens with zero attached hydrogens (tertiary/aromatic N) is 4. The van der Waals surface area contributed by atoms with Gasteiger partial charge in [-0.25, -0.2) is 0 Å². The predicted octanol–water partition coefficient (Wildman–Crippen LogP) is 1.30. The molecule has 1 saturated heterocycles. The maximum Gasteiger partial charge on any atom is 0.219 e. The zero-order chi connectivity index (χ0) is 13.2. The Kier molecular flexibility index (Phi) is 3.03. The average molecular weight is 256 g/mol. The fourth-order valence-corrected chi connectivity index (χ4v) is 2.48. The number of piperazine rings is 1. The van der Waals surface area contributed by atoms with Gasteiger partial charge in [0.2, 0.25) is 5.91 Å². The summed E-state index contributed by atoms with van der Waals surface area (Å²) < 4.78 is 0. The van der Waals surface area contributed by atoms with Crippen molar-refractivity contribution in [1.82, 2.24) is 15.1 Å². The van der Waals surface area contributed by atoms with E-state index in [0.29, 0.717) is 0 Å². The molecule has 5 heteroatoms. The van der Waals surface area contributed by atoms with Crippen molar-refractivity contribution >= 4 is 22.5 Å². The highest BCUT2D eigenvalue weighted by atomic mass is 16.2. The third-order valence-electron chi connectivity index (χ3n) is 3.58. The van der Waals surface area contributed by atoms with Crippen LogP contribution in [0.4, 0.5) is 5.82 Å². The molecule has 0 radical (unpaired) electrons. The fourth-order valence-electron chi connectivity index (χ4n) is 2.48. The monoisotopic (exact) mass is 256 g/mol. The minimum absolute atomic E-state index is 0.142. The van der Waals surface area contributed by atoms with Crippen molar-refractivity contribution in [3.05, 3.63) is 30.5 Å². The lowest BCUT2D eigenvalue weighted by atomic mass is 10.1. The molecule has 0 aliphatic carbocycles. The normalized spacial score (nSPS) is 15.8. The van der Waals surface area contributed by atoms with Crippen molar-refractivity contribution in [2.24, 2.45) is 0 Å². The summed E-state index contributed by atoms with van der Waals surface area (Å²) >= 11 is 0. The van der Waals surface area contributed by atoms with E-state index in [9.17, 15) is 4.79 Å². The van der Waals surface area contributed by atoms with Gasteiger partial charge in [-0.2, -0.15) is 5.10 Å². The molecule has 19 heavy (non-hydrogen) atoms. The number of aromatic nitrogens is 2. The third-order valence-corrected chi connectivity index (χ3v) is 3.58. The molecule has 1 fully saturated rings. The first-order chi connectivity index (χ1) is 9.25. The number of hydrogen-bond donors (Lipinski definition) is 0. The summed E-state index contributed by atoms with van der Waals surface area (Å²) in [6, 6.07) is 8.12. The summed E-state index contributed by atoms with van der Waals surface area (Å²) in [5.41, 5.74) is 0. The minimum Gasteiger partial charge on any atom is -0.351 e. The summed E-state index contributed by atoms with van der Waals surface area (Å²) in [7, 11) is 0. The molecule has 0 saturated carbocycles. The molecule has 1 aromatic heterocycles. The van der Waals surface area contributed by atoms with E-state index in [4.69, 9.17) is 0 Å². The highest BCUT2D eigenvalue weighted by Crippen LogP contribution is 2.23. The number of carbonyl (C=O) groups excluding carboxylic acids is 1. The van der Waals surface area contributed by atoms with Gasteiger partial charge in [-0.15, -0.1) is 5.10 Å². The molecule has 0 atom stereocenters. The van der Waals surface area contributed by atoms with Crippen LogP contribution in [0.2, 0.25) is 0 Å². The second kappa shape index (κ2) is 4.84. The van der Waals surface area contributed by atoms with E-state index in [0.717, 1.165) is 42.8 Å². The fraction of sp³-hybridized carbons (Fsp3) is 0.357. The van der Waals surface area contributed by atoms with Crippen molar-refractivity contribution in [3.63, 3.8) is 0 Å². The second-order valence-electron chi connectivity index (χ2n) is 4.75. The molecule has 1 aliphatic rings. The minimum atomic E-state index is 0.142. The lowest BCUT2D eigenvalue weighted by Gasteiger charge is -2.35. The lowest BCUT2D eigenvalue weighted by Crippen LogP contribution is -2.48. The molecule has 1 aromatic carbocycles. The van der Waals surface area contributed by atoms with E-state index in [1.165, 1.54) is 0 Å². The molecule has 5 nitrogen and oxygen atoms in total. The molecule has 2 aromatic rings. The third kappa shape index (κ3) is 2.23. The Morgan fingerprint density at radius 2 is 1.89 bits per heavy atom. The number of rotatable bonds is 1. The first-order valence-electron chi connectivity index (χ1n) is 6.46. The smallest absolute Gasteiger partial charge is 0.219 e. The molecule has 1 aliphatic heterocycles. The Balaban J connectivity index is 1.88. The number of anilines is 1. The van der Waals surface area contributed by atoms with Gasteiger partial charge >= 0.3 is 0 Å². The molecule has 2 heterocycles. The molecule has 1 amide bonds. The van der Waals surface area contributed by atoms with Gasteiger partial charge in [0.05, 0.1) is 6.20 Å². The van der Waals surface area contributed by atoms with Gasteiger partial charge in [0.15, 0.2) is 5.82 Å². The van der Waals surface area contributed by atoms with E-state index in [1.807, 2.05) is 23.1 Å². The first-order valence-corrected chi connectivity index (χ1v) is 6.46. The van der Waals surface area contributed by atoms with E-state index in [2.05, 4.69) is 21.2 Å². The van der Waals surface area contributed by atoms with Crippen molar-refractivity contribution in [2.45, 2.75) is 6.92 Å². The number of hydrogen-bond acceptors (Lipinski definition) is 4. The Morgan fingerprint density at radius 1 is 1.16 bits per heavy atom. The highest BCUT2D eigenvalue weighted by molar-refractivity contribution is 5.91. The van der Waals surface area contributed by atoms with Crippen LogP contribution >= 0.6 is 0 Å². The Hall–Kier alpha value is -2.17. The van der Waals surface area contributed by atoms with Crippen LogP contribution in [0.1, 0.15) is 6.92 Å². The Bertz CT molecular complexity index is 600. The van der Waals surface area contributed by atoms with Crippen LogP contribution in [0.5, 0.6) is 0 Å². The van der Waals surface area contributed by atoms with Crippen LogP contribution in [0, 0.1) is 0 Å². The standard InChI is InChI=1S/C14H16N4O/c1-11(19)17-6-8-18(9-7-17)14-13-5-3-2-4-12(13)10-15-16-14/h2-5,10H,6-9H2,1H3. The SMILES string of the molecule is CC(=O)N1CCN(c2nncc3ccccc23)CC1. The van der Waals surface area contributed by atoms with Crippen LogP contribution in [0.15, 0.2) is 30.5 Å². The lowest BCUT2D eigenvalue weighted by molar-refractivity contribution is -0.129. The maximum absolute atomic E-state index is 11.3.